The molecule has 0 saturated heterocycles. The Bertz CT molecular complexity index is 771. The quantitative estimate of drug-likeness (QED) is 0.683. The maximum atomic E-state index is 10.6. The van der Waals surface area contributed by atoms with Crippen LogP contribution in [0.2, 0.25) is 0 Å². The highest BCUT2D eigenvalue weighted by atomic mass is 16.3. The number of pyridine rings is 1. The van der Waals surface area contributed by atoms with E-state index in [4.69, 9.17) is 4.42 Å². The molecule has 0 bridgehead atoms. The first-order valence-electron chi connectivity index (χ1n) is 6.37. The van der Waals surface area contributed by atoms with Gasteiger partial charge in [0.25, 0.3) is 0 Å². The summed E-state index contributed by atoms with van der Waals surface area (Å²) in [4.78, 5) is 25.6. The molecule has 102 valence electrons. The van der Waals surface area contributed by atoms with Crippen LogP contribution in [-0.4, -0.2) is 17.6 Å². The second kappa shape index (κ2) is 5.54. The first-order valence-corrected chi connectivity index (χ1v) is 6.37. The lowest BCUT2D eigenvalue weighted by molar-refractivity contribution is 0.109. The molecule has 0 N–H and O–H groups in total. The van der Waals surface area contributed by atoms with Crippen LogP contribution in [0, 0.1) is 0 Å². The molecule has 0 aliphatic heterocycles. The fraction of sp³-hybridized carbons (Fsp3) is 0. The molecule has 0 atom stereocenters. The van der Waals surface area contributed by atoms with Crippen molar-refractivity contribution in [1.29, 1.82) is 0 Å². The van der Waals surface area contributed by atoms with Crippen LogP contribution in [0.15, 0.2) is 59.1 Å². The number of nitrogens with zero attached hydrogens (tertiary/aromatic N) is 1. The topological polar surface area (TPSA) is 60.2 Å². The molecular weight excluding hydrogens is 266 g/mol. The maximum Gasteiger partial charge on any atom is 0.185 e. The van der Waals surface area contributed by atoms with Gasteiger partial charge in [0.05, 0.1) is 0 Å². The van der Waals surface area contributed by atoms with Crippen molar-refractivity contribution in [2.75, 3.05) is 0 Å². The summed E-state index contributed by atoms with van der Waals surface area (Å²) >= 11 is 0. The van der Waals surface area contributed by atoms with Crippen molar-refractivity contribution in [3.05, 3.63) is 66.1 Å². The molecule has 0 fully saturated rings. The third kappa shape index (κ3) is 2.65. The van der Waals surface area contributed by atoms with Gasteiger partial charge in [-0.05, 0) is 23.8 Å². The monoisotopic (exact) mass is 277 g/mol. The molecule has 21 heavy (non-hydrogen) atoms. The molecule has 0 aliphatic carbocycles. The SMILES string of the molecule is O=Cc1ccc(-c2ccc(-c3ccc(C=O)o3)nc2)cc1. The number of hydrogen-bond acceptors (Lipinski definition) is 4. The van der Waals surface area contributed by atoms with Gasteiger partial charge in [0.15, 0.2) is 17.8 Å². The third-order valence-electron chi connectivity index (χ3n) is 3.14. The second-order valence-electron chi connectivity index (χ2n) is 4.49. The van der Waals surface area contributed by atoms with E-state index < -0.39 is 0 Å². The number of aromatic nitrogens is 1. The third-order valence-corrected chi connectivity index (χ3v) is 3.14. The molecule has 4 nitrogen and oxygen atoms in total. The fourth-order valence-corrected chi connectivity index (χ4v) is 2.02. The molecule has 3 aromatic rings. The molecule has 0 radical (unpaired) electrons. The lowest BCUT2D eigenvalue weighted by Gasteiger charge is -2.02. The predicted octanol–water partition coefficient (Wildman–Crippen LogP) is 3.63. The molecule has 0 spiro atoms. The minimum Gasteiger partial charge on any atom is -0.452 e. The van der Waals surface area contributed by atoms with Crippen LogP contribution in [0.5, 0.6) is 0 Å². The van der Waals surface area contributed by atoms with Gasteiger partial charge in [0.2, 0.25) is 0 Å². The first kappa shape index (κ1) is 13.0. The van der Waals surface area contributed by atoms with E-state index in [0.29, 0.717) is 23.3 Å². The first-order chi connectivity index (χ1) is 10.3. The van der Waals surface area contributed by atoms with Crippen molar-refractivity contribution in [2.45, 2.75) is 0 Å². The molecule has 1 aromatic carbocycles. The van der Waals surface area contributed by atoms with Gasteiger partial charge in [0.1, 0.15) is 12.0 Å². The number of hydrogen-bond donors (Lipinski definition) is 0. The molecule has 2 aromatic heterocycles. The lowest BCUT2D eigenvalue weighted by atomic mass is 10.1. The molecule has 0 aliphatic rings. The maximum absolute atomic E-state index is 10.6. The van der Waals surface area contributed by atoms with E-state index >= 15 is 0 Å². The Balaban J connectivity index is 1.89. The Morgan fingerprint density at radius 1 is 0.810 bits per heavy atom. The summed E-state index contributed by atoms with van der Waals surface area (Å²) in [6.07, 6.45) is 3.20. The Kier molecular flexibility index (Phi) is 3.43. The predicted molar refractivity (Wildman–Crippen MR) is 78.2 cm³/mol. The largest absolute Gasteiger partial charge is 0.452 e. The van der Waals surface area contributed by atoms with Crippen molar-refractivity contribution >= 4 is 12.6 Å². The van der Waals surface area contributed by atoms with E-state index in [2.05, 4.69) is 4.98 Å². The lowest BCUT2D eigenvalue weighted by Crippen LogP contribution is -1.85. The summed E-state index contributed by atoms with van der Waals surface area (Å²) in [7, 11) is 0. The van der Waals surface area contributed by atoms with Gasteiger partial charge in [-0.1, -0.05) is 30.3 Å². The summed E-state index contributed by atoms with van der Waals surface area (Å²) in [5.41, 5.74) is 3.22. The molecule has 4 heteroatoms. The zero-order valence-corrected chi connectivity index (χ0v) is 11.0. The van der Waals surface area contributed by atoms with Gasteiger partial charge in [-0.25, -0.2) is 0 Å². The smallest absolute Gasteiger partial charge is 0.185 e. The van der Waals surface area contributed by atoms with Gasteiger partial charge >= 0.3 is 0 Å². The average molecular weight is 277 g/mol. The summed E-state index contributed by atoms with van der Waals surface area (Å²) < 4.78 is 5.33. The zero-order chi connectivity index (χ0) is 14.7. The van der Waals surface area contributed by atoms with Crippen molar-refractivity contribution < 1.29 is 14.0 Å². The summed E-state index contributed by atoms with van der Waals surface area (Å²) in [6, 6.07) is 14.3. The molecule has 2 heterocycles. The van der Waals surface area contributed by atoms with E-state index in [1.54, 1.807) is 30.5 Å². The standard InChI is InChI=1S/C17H11NO3/c19-10-12-1-3-13(4-2-12)14-5-7-16(18-9-14)17-8-6-15(11-20)21-17/h1-11H. The number of furan rings is 1. The molecular formula is C17H11NO3. The number of aldehydes is 2. The van der Waals surface area contributed by atoms with Gasteiger partial charge in [0, 0.05) is 17.3 Å². The van der Waals surface area contributed by atoms with Gasteiger partial charge in [-0.2, -0.15) is 0 Å². The normalized spacial score (nSPS) is 10.3. The number of carbonyl (C=O) groups excluding carboxylic acids is 2. The van der Waals surface area contributed by atoms with Crippen LogP contribution in [0.25, 0.3) is 22.6 Å². The summed E-state index contributed by atoms with van der Waals surface area (Å²) in [6.45, 7) is 0. The van der Waals surface area contributed by atoms with Crippen molar-refractivity contribution in [3.8, 4) is 22.6 Å². The van der Waals surface area contributed by atoms with Gasteiger partial charge in [-0.3, -0.25) is 14.6 Å². The minimum atomic E-state index is 0.278. The zero-order valence-electron chi connectivity index (χ0n) is 11.0. The Morgan fingerprint density at radius 2 is 1.57 bits per heavy atom. The number of rotatable bonds is 4. The number of carbonyl (C=O) groups is 2. The fourth-order valence-electron chi connectivity index (χ4n) is 2.02. The van der Waals surface area contributed by atoms with Crippen molar-refractivity contribution in [2.24, 2.45) is 0 Å². The highest BCUT2D eigenvalue weighted by Crippen LogP contribution is 2.23. The van der Waals surface area contributed by atoms with Crippen LogP contribution in [0.1, 0.15) is 20.9 Å². The van der Waals surface area contributed by atoms with Gasteiger partial charge < -0.3 is 4.42 Å². The van der Waals surface area contributed by atoms with Crippen LogP contribution < -0.4 is 0 Å². The second-order valence-corrected chi connectivity index (χ2v) is 4.49. The number of benzene rings is 1. The summed E-state index contributed by atoms with van der Waals surface area (Å²) in [5, 5.41) is 0. The highest BCUT2D eigenvalue weighted by Gasteiger charge is 2.06. The van der Waals surface area contributed by atoms with Crippen LogP contribution in [-0.2, 0) is 0 Å². The Labute approximate surface area is 121 Å². The van der Waals surface area contributed by atoms with Gasteiger partial charge in [-0.15, -0.1) is 0 Å². The van der Waals surface area contributed by atoms with E-state index in [-0.39, 0.29) is 5.76 Å². The molecule has 0 amide bonds. The Hall–Kier alpha value is -3.01. The van der Waals surface area contributed by atoms with E-state index in [0.717, 1.165) is 17.4 Å². The molecule has 3 rings (SSSR count). The highest BCUT2D eigenvalue weighted by molar-refractivity contribution is 5.77. The van der Waals surface area contributed by atoms with E-state index in [1.165, 1.54) is 0 Å². The van der Waals surface area contributed by atoms with Crippen molar-refractivity contribution in [1.82, 2.24) is 4.98 Å². The van der Waals surface area contributed by atoms with Crippen molar-refractivity contribution in [3.63, 3.8) is 0 Å². The van der Waals surface area contributed by atoms with Crippen LogP contribution in [0.4, 0.5) is 0 Å². The average Bonchev–Trinajstić information content (AvgIpc) is 3.04. The summed E-state index contributed by atoms with van der Waals surface area (Å²) in [5.74, 6) is 0.834. The minimum absolute atomic E-state index is 0.278. The molecule has 0 saturated carbocycles. The Morgan fingerprint density at radius 3 is 2.14 bits per heavy atom. The van der Waals surface area contributed by atoms with Crippen LogP contribution in [0.3, 0.4) is 0 Å². The molecule has 0 unspecified atom stereocenters. The van der Waals surface area contributed by atoms with Crippen LogP contribution >= 0.6 is 0 Å². The van der Waals surface area contributed by atoms with E-state index in [9.17, 15) is 9.59 Å². The van der Waals surface area contributed by atoms with E-state index in [1.807, 2.05) is 24.3 Å².